The van der Waals surface area contributed by atoms with Crippen LogP contribution in [0.15, 0.2) is 22.2 Å². The fourth-order valence-electron chi connectivity index (χ4n) is 2.64. The molecule has 0 saturated heterocycles. The summed E-state index contributed by atoms with van der Waals surface area (Å²) < 4.78 is 4.98. The molecule has 1 saturated carbocycles. The van der Waals surface area contributed by atoms with Crippen molar-refractivity contribution in [3.05, 3.63) is 29.2 Å². The quantitative estimate of drug-likeness (QED) is 0.849. The van der Waals surface area contributed by atoms with Crippen LogP contribution in [0.2, 0.25) is 0 Å². The molecule has 1 N–H and O–H groups in total. The lowest BCUT2D eigenvalue weighted by molar-refractivity contribution is -0.123. The summed E-state index contributed by atoms with van der Waals surface area (Å²) >= 11 is 0. The van der Waals surface area contributed by atoms with Gasteiger partial charge in [-0.2, -0.15) is 0 Å². The highest BCUT2D eigenvalue weighted by molar-refractivity contribution is 5.83. The molecule has 4 heteroatoms. The van der Waals surface area contributed by atoms with Gasteiger partial charge in [-0.25, -0.2) is 0 Å². The van der Waals surface area contributed by atoms with Crippen molar-refractivity contribution in [2.24, 2.45) is 17.3 Å². The monoisotopic (exact) mass is 262 g/mol. The number of aromatic nitrogens is 1. The van der Waals surface area contributed by atoms with Gasteiger partial charge in [0.05, 0.1) is 12.5 Å². The summed E-state index contributed by atoms with van der Waals surface area (Å²) in [6, 6.07) is 1.84. The third kappa shape index (κ3) is 2.88. The second-order valence-corrected chi connectivity index (χ2v) is 6.22. The van der Waals surface area contributed by atoms with Crippen molar-refractivity contribution >= 4 is 5.91 Å². The van der Waals surface area contributed by atoms with E-state index in [-0.39, 0.29) is 17.2 Å². The largest absolute Gasteiger partial charge is 0.361 e. The van der Waals surface area contributed by atoms with Crippen LogP contribution in [0.1, 0.15) is 39.1 Å². The van der Waals surface area contributed by atoms with Gasteiger partial charge in [-0.1, -0.05) is 30.7 Å². The lowest BCUT2D eigenvalue weighted by atomic mass is 10.1. The number of carbonyl (C=O) groups is 1. The van der Waals surface area contributed by atoms with E-state index in [4.69, 9.17) is 4.52 Å². The predicted octanol–water partition coefficient (Wildman–Crippen LogP) is 2.84. The van der Waals surface area contributed by atoms with E-state index in [2.05, 4.69) is 44.2 Å². The maximum Gasteiger partial charge on any atom is 0.224 e. The zero-order valence-electron chi connectivity index (χ0n) is 12.3. The van der Waals surface area contributed by atoms with Crippen LogP contribution < -0.4 is 5.32 Å². The van der Waals surface area contributed by atoms with Gasteiger partial charge >= 0.3 is 0 Å². The van der Waals surface area contributed by atoms with Crippen LogP contribution in [0.25, 0.3) is 0 Å². The van der Waals surface area contributed by atoms with E-state index in [1.807, 2.05) is 13.0 Å². The Bertz CT molecular complexity index is 510. The maximum atomic E-state index is 12.2. The molecule has 1 aliphatic rings. The first-order chi connectivity index (χ1) is 8.82. The number of rotatable bonds is 4. The molecule has 1 aliphatic carbocycles. The van der Waals surface area contributed by atoms with Gasteiger partial charge in [0.2, 0.25) is 5.91 Å². The van der Waals surface area contributed by atoms with E-state index in [0.29, 0.717) is 12.5 Å². The number of nitrogens with zero attached hydrogens (tertiary/aromatic N) is 1. The summed E-state index contributed by atoms with van der Waals surface area (Å²) in [5.41, 5.74) is 2.09. The first-order valence-electron chi connectivity index (χ1n) is 6.67. The molecular weight excluding hydrogens is 240 g/mol. The highest BCUT2D eigenvalue weighted by atomic mass is 16.5. The van der Waals surface area contributed by atoms with Crippen molar-refractivity contribution in [2.45, 2.75) is 41.2 Å². The Kier molecular flexibility index (Phi) is 3.52. The molecule has 0 radical (unpaired) electrons. The second kappa shape index (κ2) is 4.83. The van der Waals surface area contributed by atoms with Gasteiger partial charge in [0.1, 0.15) is 11.5 Å². The van der Waals surface area contributed by atoms with Crippen LogP contribution in [-0.4, -0.2) is 11.1 Å². The summed E-state index contributed by atoms with van der Waals surface area (Å²) in [5, 5.41) is 6.81. The van der Waals surface area contributed by atoms with Crippen molar-refractivity contribution in [1.29, 1.82) is 0 Å². The average molecular weight is 262 g/mol. The van der Waals surface area contributed by atoms with Crippen molar-refractivity contribution < 1.29 is 9.32 Å². The normalized spacial score (nSPS) is 23.8. The zero-order chi connectivity index (χ0) is 14.2. The third-order valence-corrected chi connectivity index (χ3v) is 3.83. The lowest BCUT2D eigenvalue weighted by Crippen LogP contribution is -2.26. The average Bonchev–Trinajstić information content (AvgIpc) is 2.67. The number of amides is 1. The Morgan fingerprint density at radius 1 is 1.53 bits per heavy atom. The van der Waals surface area contributed by atoms with Crippen LogP contribution >= 0.6 is 0 Å². The smallest absolute Gasteiger partial charge is 0.224 e. The Labute approximate surface area is 114 Å². The van der Waals surface area contributed by atoms with Crippen molar-refractivity contribution in [3.63, 3.8) is 0 Å². The lowest BCUT2D eigenvalue weighted by Gasteiger charge is -2.03. The number of carbonyl (C=O) groups excluding carboxylic acids is 1. The van der Waals surface area contributed by atoms with Crippen molar-refractivity contribution in [2.75, 3.05) is 0 Å². The summed E-state index contributed by atoms with van der Waals surface area (Å²) in [4.78, 5) is 12.2. The fourth-order valence-corrected chi connectivity index (χ4v) is 2.64. The van der Waals surface area contributed by atoms with Crippen LogP contribution in [0.5, 0.6) is 0 Å². The molecule has 1 heterocycles. The van der Waals surface area contributed by atoms with E-state index < -0.39 is 0 Å². The number of hydrogen-bond acceptors (Lipinski definition) is 3. The summed E-state index contributed by atoms with van der Waals surface area (Å²) in [6.07, 6.45) is 2.20. The fraction of sp³-hybridized carbons (Fsp3) is 0.600. The summed E-state index contributed by atoms with van der Waals surface area (Å²) in [6.45, 7) is 10.7. The van der Waals surface area contributed by atoms with Gasteiger partial charge in [-0.15, -0.1) is 0 Å². The van der Waals surface area contributed by atoms with Crippen LogP contribution in [0, 0.1) is 24.2 Å². The predicted molar refractivity (Wildman–Crippen MR) is 73.3 cm³/mol. The maximum absolute atomic E-state index is 12.2. The van der Waals surface area contributed by atoms with Gasteiger partial charge in [0, 0.05) is 6.07 Å². The van der Waals surface area contributed by atoms with Gasteiger partial charge in [-0.3, -0.25) is 4.79 Å². The molecule has 104 valence electrons. The molecule has 0 spiro atoms. The minimum Gasteiger partial charge on any atom is -0.361 e. The molecule has 2 rings (SSSR count). The Morgan fingerprint density at radius 3 is 2.74 bits per heavy atom. The second-order valence-electron chi connectivity index (χ2n) is 6.22. The molecule has 1 fully saturated rings. The third-order valence-electron chi connectivity index (χ3n) is 3.83. The molecule has 1 aromatic heterocycles. The molecule has 0 aromatic carbocycles. The SMILES string of the molecule is CC(C)=C[C@H]1[C@@H](C(=O)NCc2cc(C)on2)C1(C)C. The van der Waals surface area contributed by atoms with Gasteiger partial charge in [0.25, 0.3) is 0 Å². The molecular formula is C15H22N2O2. The van der Waals surface area contributed by atoms with Crippen molar-refractivity contribution in [1.82, 2.24) is 10.5 Å². The molecule has 19 heavy (non-hydrogen) atoms. The molecule has 0 unspecified atom stereocenters. The number of hydrogen-bond donors (Lipinski definition) is 1. The molecule has 1 amide bonds. The number of allylic oxidation sites excluding steroid dienone is 2. The molecule has 4 nitrogen and oxygen atoms in total. The van der Waals surface area contributed by atoms with Gasteiger partial charge in [0.15, 0.2) is 0 Å². The summed E-state index contributed by atoms with van der Waals surface area (Å²) in [5.74, 6) is 1.28. The Balaban J connectivity index is 1.93. The highest BCUT2D eigenvalue weighted by Gasteiger charge is 2.60. The standard InChI is InChI=1S/C15H22N2O2/c1-9(2)6-12-13(15(12,4)5)14(18)16-8-11-7-10(3)19-17-11/h6-7,12-13H,8H2,1-5H3,(H,16,18)/t12-,13-/m0/s1. The van der Waals surface area contributed by atoms with E-state index in [1.54, 1.807) is 0 Å². The van der Waals surface area contributed by atoms with E-state index in [0.717, 1.165) is 11.5 Å². The van der Waals surface area contributed by atoms with E-state index >= 15 is 0 Å². The molecule has 2 atom stereocenters. The zero-order valence-corrected chi connectivity index (χ0v) is 12.3. The van der Waals surface area contributed by atoms with Crippen LogP contribution in [0.3, 0.4) is 0 Å². The topological polar surface area (TPSA) is 55.1 Å². The van der Waals surface area contributed by atoms with E-state index in [9.17, 15) is 4.79 Å². The van der Waals surface area contributed by atoms with E-state index in [1.165, 1.54) is 5.57 Å². The van der Waals surface area contributed by atoms with Crippen LogP contribution in [0.4, 0.5) is 0 Å². The van der Waals surface area contributed by atoms with Gasteiger partial charge < -0.3 is 9.84 Å². The molecule has 0 aliphatic heterocycles. The minimum absolute atomic E-state index is 0.0566. The van der Waals surface area contributed by atoms with Gasteiger partial charge in [-0.05, 0) is 32.1 Å². The molecule has 0 bridgehead atoms. The van der Waals surface area contributed by atoms with Crippen molar-refractivity contribution in [3.8, 4) is 0 Å². The highest BCUT2D eigenvalue weighted by Crippen LogP contribution is 2.59. The Hall–Kier alpha value is -1.58. The Morgan fingerprint density at radius 2 is 2.21 bits per heavy atom. The first-order valence-corrected chi connectivity index (χ1v) is 6.67. The first kappa shape index (κ1) is 13.8. The number of aryl methyl sites for hydroxylation is 1. The summed E-state index contributed by atoms with van der Waals surface area (Å²) in [7, 11) is 0. The molecule has 1 aromatic rings. The minimum atomic E-state index is 0.0566. The van der Waals surface area contributed by atoms with Crippen LogP contribution in [-0.2, 0) is 11.3 Å². The number of nitrogens with one attached hydrogen (secondary N) is 1.